The topological polar surface area (TPSA) is 49.4 Å². The average molecular weight is 224 g/mol. The highest BCUT2D eigenvalue weighted by Crippen LogP contribution is 2.23. The van der Waals surface area contributed by atoms with Crippen LogP contribution in [-0.2, 0) is 9.59 Å². The van der Waals surface area contributed by atoms with Crippen LogP contribution >= 0.6 is 0 Å². The van der Waals surface area contributed by atoms with Gasteiger partial charge in [0, 0.05) is 6.54 Å². The number of hydrogen-bond acceptors (Lipinski definition) is 2. The molecule has 1 N–H and O–H groups in total. The van der Waals surface area contributed by atoms with E-state index in [9.17, 15) is 9.59 Å². The van der Waals surface area contributed by atoms with E-state index in [4.69, 9.17) is 0 Å². The first-order valence-electron chi connectivity index (χ1n) is 5.55. The minimum atomic E-state index is -0.795. The molecule has 16 heavy (non-hydrogen) atoms. The first kappa shape index (κ1) is 12.7. The smallest absolute Gasteiger partial charge is 0.246 e. The minimum absolute atomic E-state index is 0.0282. The molecular formula is C12H20N2O2. The first-order valence-corrected chi connectivity index (χ1v) is 5.55. The molecule has 0 aromatic carbocycles. The fourth-order valence-corrected chi connectivity index (χ4v) is 1.84. The van der Waals surface area contributed by atoms with Crippen LogP contribution in [-0.4, -0.2) is 34.8 Å². The summed E-state index contributed by atoms with van der Waals surface area (Å²) in [6, 6.07) is -0.416. The predicted octanol–water partition coefficient (Wildman–Crippen LogP) is 0.934. The number of piperazine rings is 1. The van der Waals surface area contributed by atoms with Crippen molar-refractivity contribution in [3.63, 3.8) is 0 Å². The van der Waals surface area contributed by atoms with Crippen LogP contribution in [0.2, 0.25) is 0 Å². The van der Waals surface area contributed by atoms with Crippen LogP contribution < -0.4 is 5.32 Å². The number of amides is 2. The molecule has 0 aromatic heterocycles. The molecule has 1 heterocycles. The van der Waals surface area contributed by atoms with Gasteiger partial charge in [0.1, 0.15) is 11.6 Å². The average Bonchev–Trinajstić information content (AvgIpc) is 2.18. The molecule has 4 heteroatoms. The number of carbonyl (C=O) groups is 2. The van der Waals surface area contributed by atoms with Gasteiger partial charge in [0.25, 0.3) is 0 Å². The molecule has 1 rings (SSSR count). The standard InChI is InChI=1S/C12H20N2O2/c1-6-7-14-10(15)9(8(2)3)13-11(16)12(14,4)5/h6,8-9H,1,7H2,2-5H3,(H,13,16). The van der Waals surface area contributed by atoms with Crippen LogP contribution in [0.15, 0.2) is 12.7 Å². The van der Waals surface area contributed by atoms with Gasteiger partial charge >= 0.3 is 0 Å². The highest BCUT2D eigenvalue weighted by atomic mass is 16.2. The molecule has 1 aliphatic heterocycles. The van der Waals surface area contributed by atoms with Gasteiger partial charge in [0.15, 0.2) is 0 Å². The minimum Gasteiger partial charge on any atom is -0.342 e. The van der Waals surface area contributed by atoms with E-state index in [2.05, 4.69) is 11.9 Å². The zero-order valence-electron chi connectivity index (χ0n) is 10.4. The zero-order valence-corrected chi connectivity index (χ0v) is 10.4. The lowest BCUT2D eigenvalue weighted by atomic mass is 9.91. The second-order valence-electron chi connectivity index (χ2n) is 4.99. The van der Waals surface area contributed by atoms with Crippen molar-refractivity contribution in [2.24, 2.45) is 5.92 Å². The third-order valence-electron chi connectivity index (χ3n) is 3.03. The van der Waals surface area contributed by atoms with Gasteiger partial charge in [-0.2, -0.15) is 0 Å². The lowest BCUT2D eigenvalue weighted by Crippen LogP contribution is -2.69. The van der Waals surface area contributed by atoms with E-state index >= 15 is 0 Å². The monoisotopic (exact) mass is 224 g/mol. The van der Waals surface area contributed by atoms with Crippen molar-refractivity contribution in [2.45, 2.75) is 39.3 Å². The van der Waals surface area contributed by atoms with Gasteiger partial charge in [-0.15, -0.1) is 6.58 Å². The maximum Gasteiger partial charge on any atom is 0.246 e. The van der Waals surface area contributed by atoms with Crippen LogP contribution in [0.5, 0.6) is 0 Å². The van der Waals surface area contributed by atoms with Crippen molar-refractivity contribution in [1.29, 1.82) is 0 Å². The molecule has 1 saturated heterocycles. The zero-order chi connectivity index (χ0) is 12.5. The predicted molar refractivity (Wildman–Crippen MR) is 62.8 cm³/mol. The molecule has 1 fully saturated rings. The van der Waals surface area contributed by atoms with Gasteiger partial charge in [0.2, 0.25) is 11.8 Å². The van der Waals surface area contributed by atoms with E-state index in [1.807, 2.05) is 13.8 Å². The molecule has 0 bridgehead atoms. The van der Waals surface area contributed by atoms with Gasteiger partial charge in [-0.3, -0.25) is 9.59 Å². The summed E-state index contributed by atoms with van der Waals surface area (Å²) in [7, 11) is 0. The highest BCUT2D eigenvalue weighted by molar-refractivity contribution is 5.99. The Kier molecular flexibility index (Phi) is 3.41. The number of carbonyl (C=O) groups excluding carboxylic acids is 2. The molecular weight excluding hydrogens is 204 g/mol. The van der Waals surface area contributed by atoms with E-state index < -0.39 is 11.6 Å². The normalized spacial score (nSPS) is 24.6. The summed E-state index contributed by atoms with van der Waals surface area (Å²) in [5.74, 6) is -0.0352. The summed E-state index contributed by atoms with van der Waals surface area (Å²) in [4.78, 5) is 25.7. The van der Waals surface area contributed by atoms with E-state index in [0.29, 0.717) is 6.54 Å². The maximum atomic E-state index is 12.2. The van der Waals surface area contributed by atoms with Crippen molar-refractivity contribution in [3.8, 4) is 0 Å². The molecule has 0 aliphatic carbocycles. The summed E-state index contributed by atoms with van der Waals surface area (Å²) in [6.07, 6.45) is 1.65. The van der Waals surface area contributed by atoms with Gasteiger partial charge < -0.3 is 10.2 Å². The molecule has 1 unspecified atom stereocenters. The van der Waals surface area contributed by atoms with Gasteiger partial charge in [-0.25, -0.2) is 0 Å². The molecule has 0 radical (unpaired) electrons. The van der Waals surface area contributed by atoms with E-state index in [-0.39, 0.29) is 17.7 Å². The van der Waals surface area contributed by atoms with Crippen LogP contribution in [0.1, 0.15) is 27.7 Å². The SMILES string of the molecule is C=CCN1C(=O)C(C(C)C)NC(=O)C1(C)C. The molecule has 4 nitrogen and oxygen atoms in total. The van der Waals surface area contributed by atoms with Crippen molar-refractivity contribution in [2.75, 3.05) is 6.54 Å². The molecule has 0 saturated carbocycles. The quantitative estimate of drug-likeness (QED) is 0.725. The fourth-order valence-electron chi connectivity index (χ4n) is 1.84. The third kappa shape index (κ3) is 1.96. The lowest BCUT2D eigenvalue weighted by molar-refractivity contribution is -0.155. The second kappa shape index (κ2) is 4.28. The summed E-state index contributed by atoms with van der Waals surface area (Å²) >= 11 is 0. The van der Waals surface area contributed by atoms with Gasteiger partial charge in [-0.05, 0) is 19.8 Å². The Morgan fingerprint density at radius 1 is 1.50 bits per heavy atom. The molecule has 2 amide bonds. The van der Waals surface area contributed by atoms with Gasteiger partial charge in [-0.1, -0.05) is 19.9 Å². The Hall–Kier alpha value is -1.32. The molecule has 1 atom stereocenters. The Balaban J connectivity index is 3.04. The summed E-state index contributed by atoms with van der Waals surface area (Å²) in [6.45, 7) is 11.4. The maximum absolute atomic E-state index is 12.2. The van der Waals surface area contributed by atoms with Crippen LogP contribution in [0.4, 0.5) is 0 Å². The van der Waals surface area contributed by atoms with Gasteiger partial charge in [0.05, 0.1) is 0 Å². The summed E-state index contributed by atoms with van der Waals surface area (Å²) < 4.78 is 0. The number of nitrogens with zero attached hydrogens (tertiary/aromatic N) is 1. The van der Waals surface area contributed by atoms with E-state index in [1.54, 1.807) is 24.8 Å². The van der Waals surface area contributed by atoms with Crippen molar-refractivity contribution in [3.05, 3.63) is 12.7 Å². The largest absolute Gasteiger partial charge is 0.342 e. The van der Waals surface area contributed by atoms with Crippen molar-refractivity contribution in [1.82, 2.24) is 10.2 Å². The molecule has 0 spiro atoms. The number of rotatable bonds is 3. The van der Waals surface area contributed by atoms with E-state index in [0.717, 1.165) is 0 Å². The Morgan fingerprint density at radius 2 is 2.06 bits per heavy atom. The number of nitrogens with one attached hydrogen (secondary N) is 1. The summed E-state index contributed by atoms with van der Waals surface area (Å²) in [5.41, 5.74) is -0.795. The second-order valence-corrected chi connectivity index (χ2v) is 4.99. The fraction of sp³-hybridized carbons (Fsp3) is 0.667. The molecule has 1 aliphatic rings. The number of hydrogen-bond donors (Lipinski definition) is 1. The van der Waals surface area contributed by atoms with Crippen LogP contribution in [0.3, 0.4) is 0 Å². The Morgan fingerprint density at radius 3 is 2.50 bits per heavy atom. The van der Waals surface area contributed by atoms with Crippen molar-refractivity contribution >= 4 is 11.8 Å². The lowest BCUT2D eigenvalue weighted by Gasteiger charge is -2.44. The van der Waals surface area contributed by atoms with Crippen LogP contribution in [0.25, 0.3) is 0 Å². The van der Waals surface area contributed by atoms with E-state index in [1.165, 1.54) is 0 Å². The first-order chi connectivity index (χ1) is 7.32. The Labute approximate surface area is 96.7 Å². The highest BCUT2D eigenvalue weighted by Gasteiger charge is 2.46. The third-order valence-corrected chi connectivity index (χ3v) is 3.03. The van der Waals surface area contributed by atoms with Crippen molar-refractivity contribution < 1.29 is 9.59 Å². The molecule has 90 valence electrons. The Bertz CT molecular complexity index is 321. The molecule has 0 aromatic rings. The van der Waals surface area contributed by atoms with Crippen LogP contribution in [0, 0.1) is 5.92 Å². The summed E-state index contributed by atoms with van der Waals surface area (Å²) in [5, 5.41) is 2.78.